The maximum Gasteiger partial charge on any atom is 0.223 e. The molecule has 26 heavy (non-hydrogen) atoms. The number of fused-ring (bicyclic) bond motifs is 1. The predicted molar refractivity (Wildman–Crippen MR) is 103 cm³/mol. The second-order valence-electron chi connectivity index (χ2n) is 7.92. The van der Waals surface area contributed by atoms with Gasteiger partial charge in [0, 0.05) is 31.1 Å². The van der Waals surface area contributed by atoms with E-state index in [1.165, 1.54) is 0 Å². The van der Waals surface area contributed by atoms with E-state index in [-0.39, 0.29) is 18.2 Å². The van der Waals surface area contributed by atoms with Gasteiger partial charge in [-0.25, -0.2) is 9.97 Å². The smallest absolute Gasteiger partial charge is 0.223 e. The number of aromatic nitrogens is 2. The lowest BCUT2D eigenvalue weighted by atomic mass is 9.93. The Morgan fingerprint density at radius 1 is 1.23 bits per heavy atom. The number of hydrogen-bond donors (Lipinski definition) is 2. The van der Waals surface area contributed by atoms with Crippen molar-refractivity contribution in [1.82, 2.24) is 15.0 Å². The normalized spacial score (nSPS) is 33.5. The molecule has 7 heteroatoms. The molecule has 3 atom stereocenters. The van der Waals surface area contributed by atoms with E-state index in [1.807, 2.05) is 24.7 Å². The van der Waals surface area contributed by atoms with Crippen molar-refractivity contribution in [2.75, 3.05) is 5.32 Å². The van der Waals surface area contributed by atoms with Gasteiger partial charge in [-0.15, -0.1) is 0 Å². The maximum atomic E-state index is 9.66. The highest BCUT2D eigenvalue weighted by molar-refractivity contribution is 5.72. The number of rotatable bonds is 4. The summed E-state index contributed by atoms with van der Waals surface area (Å²) in [6, 6.07) is 2.69. The topological polar surface area (TPSA) is 86.0 Å². The summed E-state index contributed by atoms with van der Waals surface area (Å²) >= 11 is 0. The zero-order chi connectivity index (χ0) is 18.1. The molecular weight excluding hydrogens is 328 g/mol. The lowest BCUT2D eigenvalue weighted by Gasteiger charge is -2.36. The maximum absolute atomic E-state index is 9.66. The number of hydrogen-bond acceptors (Lipinski definition) is 7. The molecule has 1 aromatic rings. The van der Waals surface area contributed by atoms with Gasteiger partial charge in [-0.05, 0) is 37.7 Å². The van der Waals surface area contributed by atoms with Crippen LogP contribution in [0.4, 0.5) is 5.95 Å². The fourth-order valence-corrected chi connectivity index (χ4v) is 4.12. The van der Waals surface area contributed by atoms with E-state index >= 15 is 0 Å². The van der Waals surface area contributed by atoms with Crippen LogP contribution in [0.5, 0.6) is 0 Å². The fourth-order valence-electron chi connectivity index (χ4n) is 4.12. The Morgan fingerprint density at radius 3 is 2.81 bits per heavy atom. The van der Waals surface area contributed by atoms with Crippen molar-refractivity contribution in [2.24, 2.45) is 16.0 Å². The number of aliphatic imine (C=N–C) groups is 1. The van der Waals surface area contributed by atoms with Crippen molar-refractivity contribution in [3.63, 3.8) is 0 Å². The summed E-state index contributed by atoms with van der Waals surface area (Å²) in [4.78, 5) is 13.8. The Hall–Kier alpha value is -2.02. The van der Waals surface area contributed by atoms with Crippen LogP contribution in [0, 0.1) is 5.92 Å². The summed E-state index contributed by atoms with van der Waals surface area (Å²) in [5.41, 5.74) is 0.955. The lowest BCUT2D eigenvalue weighted by molar-refractivity contribution is 0.116. The van der Waals surface area contributed by atoms with Crippen molar-refractivity contribution in [1.29, 1.82) is 0 Å². The van der Waals surface area contributed by atoms with Gasteiger partial charge in [0.15, 0.2) is 0 Å². The second kappa shape index (κ2) is 7.31. The molecule has 0 aromatic carbocycles. The second-order valence-corrected chi connectivity index (χ2v) is 7.92. The first kappa shape index (κ1) is 17.4. The number of aliphatic hydroxyl groups is 1. The summed E-state index contributed by atoms with van der Waals surface area (Å²) < 4.78 is 0. The van der Waals surface area contributed by atoms with E-state index < -0.39 is 0 Å². The molecule has 1 aromatic heterocycles. The van der Waals surface area contributed by atoms with E-state index in [2.05, 4.69) is 34.3 Å². The van der Waals surface area contributed by atoms with Gasteiger partial charge in [-0.1, -0.05) is 13.8 Å². The van der Waals surface area contributed by atoms with Gasteiger partial charge >= 0.3 is 0 Å². The third-order valence-electron chi connectivity index (χ3n) is 5.72. The first-order chi connectivity index (χ1) is 12.6. The minimum atomic E-state index is -0.154. The number of aliphatic hydroxyl groups excluding tert-OH is 1. The predicted octanol–water partition coefficient (Wildman–Crippen LogP) is 2.40. The van der Waals surface area contributed by atoms with Crippen LogP contribution in [0.2, 0.25) is 0 Å². The molecule has 4 rings (SSSR count). The fraction of sp³-hybridized carbons (Fsp3) is 0.684. The standard InChI is InChI=1S/C19H28N6O/c1-12(2)17-8-10-20-18-15(11-22-25(17)18)16-7-9-21-19(24-16)23-13-3-5-14(26)6-4-13/h7,9-15,17-18,26H,3-6,8H2,1-2H3,(H,21,23,24). The largest absolute Gasteiger partial charge is 0.393 e. The number of nitrogens with zero attached hydrogens (tertiary/aromatic N) is 5. The highest BCUT2D eigenvalue weighted by Gasteiger charge is 2.39. The zero-order valence-electron chi connectivity index (χ0n) is 15.5. The SMILES string of the molecule is CC(C)C1CC=NC2C(c3ccnc(NC4CCC(O)CC4)n3)C=NN12. The quantitative estimate of drug-likeness (QED) is 0.865. The van der Waals surface area contributed by atoms with Gasteiger partial charge in [0.05, 0.1) is 23.8 Å². The molecule has 0 radical (unpaired) electrons. The molecule has 0 amide bonds. The van der Waals surface area contributed by atoms with Crippen molar-refractivity contribution in [3.05, 3.63) is 18.0 Å². The average Bonchev–Trinajstić information content (AvgIpc) is 3.08. The number of hydrazone groups is 1. The molecule has 2 aliphatic heterocycles. The van der Waals surface area contributed by atoms with Crippen LogP contribution in [-0.2, 0) is 0 Å². The molecule has 7 nitrogen and oxygen atoms in total. The third kappa shape index (κ3) is 3.45. The molecule has 1 saturated carbocycles. The Kier molecular flexibility index (Phi) is 4.89. The van der Waals surface area contributed by atoms with E-state index in [0.29, 0.717) is 23.9 Å². The van der Waals surface area contributed by atoms with Crippen molar-refractivity contribution >= 4 is 18.4 Å². The van der Waals surface area contributed by atoms with Gasteiger partial charge in [0.2, 0.25) is 5.95 Å². The third-order valence-corrected chi connectivity index (χ3v) is 5.72. The minimum absolute atomic E-state index is 0.00345. The molecule has 3 aliphatic rings. The van der Waals surface area contributed by atoms with Crippen LogP contribution in [0.3, 0.4) is 0 Å². The van der Waals surface area contributed by atoms with Crippen LogP contribution >= 0.6 is 0 Å². The van der Waals surface area contributed by atoms with E-state index in [4.69, 9.17) is 9.98 Å². The highest BCUT2D eigenvalue weighted by atomic mass is 16.3. The summed E-state index contributed by atoms with van der Waals surface area (Å²) in [7, 11) is 0. The van der Waals surface area contributed by atoms with Crippen molar-refractivity contribution in [3.8, 4) is 0 Å². The number of nitrogens with one attached hydrogen (secondary N) is 1. The first-order valence-electron chi connectivity index (χ1n) is 9.73. The van der Waals surface area contributed by atoms with Crippen LogP contribution in [0.15, 0.2) is 22.4 Å². The molecule has 0 saturated heterocycles. The Labute approximate surface area is 154 Å². The minimum Gasteiger partial charge on any atom is -0.393 e. The molecule has 2 N–H and O–H groups in total. The molecule has 1 fully saturated rings. The van der Waals surface area contributed by atoms with Gasteiger partial charge in [-0.2, -0.15) is 5.10 Å². The van der Waals surface area contributed by atoms with Gasteiger partial charge in [0.25, 0.3) is 0 Å². The van der Waals surface area contributed by atoms with Gasteiger partial charge in [-0.3, -0.25) is 10.0 Å². The van der Waals surface area contributed by atoms with E-state index in [0.717, 1.165) is 37.8 Å². The highest BCUT2D eigenvalue weighted by Crippen LogP contribution is 2.34. The molecule has 3 heterocycles. The van der Waals surface area contributed by atoms with Crippen LogP contribution < -0.4 is 5.32 Å². The van der Waals surface area contributed by atoms with Crippen molar-refractivity contribution in [2.45, 2.75) is 76.2 Å². The molecule has 3 unspecified atom stereocenters. The Morgan fingerprint density at radius 2 is 2.04 bits per heavy atom. The van der Waals surface area contributed by atoms with Crippen molar-refractivity contribution < 1.29 is 5.11 Å². The molecule has 0 bridgehead atoms. The van der Waals surface area contributed by atoms with E-state index in [9.17, 15) is 5.11 Å². The lowest BCUT2D eigenvalue weighted by Crippen LogP contribution is -2.44. The Balaban J connectivity index is 1.48. The molecule has 140 valence electrons. The number of anilines is 1. The van der Waals surface area contributed by atoms with Gasteiger partial charge < -0.3 is 10.4 Å². The average molecular weight is 356 g/mol. The van der Waals surface area contributed by atoms with Crippen LogP contribution in [-0.4, -0.2) is 56.9 Å². The summed E-state index contributed by atoms with van der Waals surface area (Å²) in [5.74, 6) is 1.25. The van der Waals surface area contributed by atoms with Gasteiger partial charge in [0.1, 0.15) is 6.17 Å². The zero-order valence-corrected chi connectivity index (χ0v) is 15.5. The monoisotopic (exact) mass is 356 g/mol. The van der Waals surface area contributed by atoms with E-state index in [1.54, 1.807) is 0 Å². The van der Waals surface area contributed by atoms with Crippen LogP contribution in [0.25, 0.3) is 0 Å². The molecular formula is C19H28N6O. The first-order valence-corrected chi connectivity index (χ1v) is 9.73. The Bertz CT molecular complexity index is 682. The molecule has 0 spiro atoms. The summed E-state index contributed by atoms with van der Waals surface area (Å²) in [5, 5.41) is 19.9. The summed E-state index contributed by atoms with van der Waals surface area (Å²) in [6.45, 7) is 4.47. The molecule has 1 aliphatic carbocycles. The summed E-state index contributed by atoms with van der Waals surface area (Å²) in [6.07, 6.45) is 10.2. The van der Waals surface area contributed by atoms with Crippen LogP contribution in [0.1, 0.15) is 57.6 Å².